The van der Waals surface area contributed by atoms with Crippen molar-refractivity contribution < 1.29 is 14.3 Å². The number of aryl methyl sites for hydroxylation is 1. The summed E-state index contributed by atoms with van der Waals surface area (Å²) in [5.74, 6) is 1.87. The number of amides is 1. The lowest BCUT2D eigenvalue weighted by molar-refractivity contribution is 0.0256. The van der Waals surface area contributed by atoms with Crippen molar-refractivity contribution in [3.05, 3.63) is 48.0 Å². The topological polar surface area (TPSA) is 65.4 Å². The van der Waals surface area contributed by atoms with Crippen LogP contribution in [-0.2, 0) is 17.7 Å². The van der Waals surface area contributed by atoms with E-state index < -0.39 is 0 Å². The standard InChI is InChI=1S/C19H23N3O3/c23-19(21-15-3-6-18-20-9-10-22(18)13-15)14-1-4-16(5-2-14)25-17-7-11-24-12-8-17/h1-2,4-5,9-10,15,17H,3,6-8,11-13H2,(H,21,23)/t15-/m1/s1. The summed E-state index contributed by atoms with van der Waals surface area (Å²) in [5.41, 5.74) is 0.663. The molecule has 0 radical (unpaired) electrons. The second-order valence-corrected chi connectivity index (χ2v) is 6.66. The van der Waals surface area contributed by atoms with Gasteiger partial charge in [0.1, 0.15) is 17.7 Å². The van der Waals surface area contributed by atoms with E-state index in [2.05, 4.69) is 14.9 Å². The third-order valence-electron chi connectivity index (χ3n) is 4.86. The number of ether oxygens (including phenoxy) is 2. The van der Waals surface area contributed by atoms with Crippen molar-refractivity contribution in [3.8, 4) is 5.75 Å². The molecular weight excluding hydrogens is 318 g/mol. The Kier molecular flexibility index (Phi) is 4.70. The van der Waals surface area contributed by atoms with Crippen molar-refractivity contribution in [3.63, 3.8) is 0 Å². The summed E-state index contributed by atoms with van der Waals surface area (Å²) in [6.45, 7) is 2.29. The van der Waals surface area contributed by atoms with Crippen molar-refractivity contribution in [1.29, 1.82) is 0 Å². The van der Waals surface area contributed by atoms with Crippen molar-refractivity contribution in [2.24, 2.45) is 0 Å². The largest absolute Gasteiger partial charge is 0.490 e. The monoisotopic (exact) mass is 341 g/mol. The number of carbonyl (C=O) groups is 1. The number of imidazole rings is 1. The van der Waals surface area contributed by atoms with Gasteiger partial charge in [-0.25, -0.2) is 4.98 Å². The highest BCUT2D eigenvalue weighted by Crippen LogP contribution is 2.19. The van der Waals surface area contributed by atoms with E-state index in [4.69, 9.17) is 9.47 Å². The van der Waals surface area contributed by atoms with Gasteiger partial charge in [-0.1, -0.05) is 0 Å². The van der Waals surface area contributed by atoms with E-state index in [1.54, 1.807) is 0 Å². The lowest BCUT2D eigenvalue weighted by atomic mass is 10.1. The number of fused-ring (bicyclic) bond motifs is 1. The van der Waals surface area contributed by atoms with Gasteiger partial charge < -0.3 is 19.4 Å². The molecule has 132 valence electrons. The van der Waals surface area contributed by atoms with Crippen LogP contribution in [0.15, 0.2) is 36.7 Å². The van der Waals surface area contributed by atoms with E-state index in [0.717, 1.165) is 57.0 Å². The average molecular weight is 341 g/mol. The van der Waals surface area contributed by atoms with Crippen LogP contribution < -0.4 is 10.1 Å². The molecule has 0 saturated carbocycles. The van der Waals surface area contributed by atoms with Gasteiger partial charge in [0.2, 0.25) is 0 Å². The van der Waals surface area contributed by atoms with Gasteiger partial charge in [0.05, 0.1) is 13.2 Å². The summed E-state index contributed by atoms with van der Waals surface area (Å²) in [4.78, 5) is 16.8. The van der Waals surface area contributed by atoms with E-state index in [1.165, 1.54) is 0 Å². The first-order valence-corrected chi connectivity index (χ1v) is 8.93. The summed E-state index contributed by atoms with van der Waals surface area (Å²) < 4.78 is 13.4. The van der Waals surface area contributed by atoms with Gasteiger partial charge in [0.25, 0.3) is 5.91 Å². The van der Waals surface area contributed by atoms with Crippen LogP contribution >= 0.6 is 0 Å². The Labute approximate surface area is 147 Å². The van der Waals surface area contributed by atoms with Gasteiger partial charge in [-0.15, -0.1) is 0 Å². The number of nitrogens with zero attached hydrogens (tertiary/aromatic N) is 2. The molecule has 2 aliphatic rings. The minimum absolute atomic E-state index is 0.0359. The number of nitrogens with one attached hydrogen (secondary N) is 1. The lowest BCUT2D eigenvalue weighted by Crippen LogP contribution is -2.40. The third kappa shape index (κ3) is 3.85. The van der Waals surface area contributed by atoms with Gasteiger partial charge in [-0.05, 0) is 30.7 Å². The molecule has 6 nitrogen and oxygen atoms in total. The Balaban J connectivity index is 1.33. The minimum Gasteiger partial charge on any atom is -0.490 e. The fourth-order valence-electron chi connectivity index (χ4n) is 3.42. The molecule has 1 amide bonds. The zero-order valence-electron chi connectivity index (χ0n) is 14.2. The maximum absolute atomic E-state index is 12.5. The quantitative estimate of drug-likeness (QED) is 0.926. The Hall–Kier alpha value is -2.34. The average Bonchev–Trinajstić information content (AvgIpc) is 3.11. The molecule has 1 N–H and O–H groups in total. The molecule has 2 aliphatic heterocycles. The number of hydrogen-bond donors (Lipinski definition) is 1. The molecule has 0 bridgehead atoms. The lowest BCUT2D eigenvalue weighted by Gasteiger charge is -2.25. The molecule has 1 aromatic heterocycles. The zero-order chi connectivity index (χ0) is 17.1. The van der Waals surface area contributed by atoms with Crippen LogP contribution in [0.5, 0.6) is 5.75 Å². The second-order valence-electron chi connectivity index (χ2n) is 6.66. The molecule has 1 atom stereocenters. The molecular formula is C19H23N3O3. The molecule has 1 aromatic carbocycles. The molecule has 3 heterocycles. The predicted octanol–water partition coefficient (Wildman–Crippen LogP) is 2.19. The fraction of sp³-hybridized carbons (Fsp3) is 0.474. The van der Waals surface area contributed by atoms with Gasteiger partial charge in [-0.2, -0.15) is 0 Å². The van der Waals surface area contributed by atoms with Crippen molar-refractivity contribution in [2.75, 3.05) is 13.2 Å². The van der Waals surface area contributed by atoms with Gasteiger partial charge in [-0.3, -0.25) is 4.79 Å². The van der Waals surface area contributed by atoms with E-state index in [-0.39, 0.29) is 18.1 Å². The van der Waals surface area contributed by atoms with Crippen LogP contribution in [0.1, 0.15) is 35.4 Å². The van der Waals surface area contributed by atoms with E-state index in [1.807, 2.05) is 36.7 Å². The molecule has 1 fully saturated rings. The number of hydrogen-bond acceptors (Lipinski definition) is 4. The highest BCUT2D eigenvalue weighted by Gasteiger charge is 2.21. The molecule has 0 spiro atoms. The minimum atomic E-state index is -0.0359. The van der Waals surface area contributed by atoms with E-state index >= 15 is 0 Å². The summed E-state index contributed by atoms with van der Waals surface area (Å²) in [6.07, 6.45) is 7.65. The molecule has 2 aromatic rings. The number of rotatable bonds is 4. The van der Waals surface area contributed by atoms with Crippen LogP contribution in [0.4, 0.5) is 0 Å². The van der Waals surface area contributed by atoms with Crippen LogP contribution in [-0.4, -0.2) is 40.8 Å². The van der Waals surface area contributed by atoms with Crippen LogP contribution in [0.2, 0.25) is 0 Å². The second kappa shape index (κ2) is 7.27. The van der Waals surface area contributed by atoms with Crippen molar-refractivity contribution in [1.82, 2.24) is 14.9 Å². The maximum Gasteiger partial charge on any atom is 0.251 e. The Bertz CT molecular complexity index is 720. The van der Waals surface area contributed by atoms with E-state index in [0.29, 0.717) is 5.56 Å². The van der Waals surface area contributed by atoms with Crippen molar-refractivity contribution in [2.45, 2.75) is 44.4 Å². The Morgan fingerprint density at radius 1 is 1.20 bits per heavy atom. The first-order chi connectivity index (χ1) is 12.3. The smallest absolute Gasteiger partial charge is 0.251 e. The van der Waals surface area contributed by atoms with Gasteiger partial charge >= 0.3 is 0 Å². The number of carbonyl (C=O) groups excluding carboxylic acids is 1. The first kappa shape index (κ1) is 16.1. The number of benzene rings is 1. The first-order valence-electron chi connectivity index (χ1n) is 8.93. The Morgan fingerprint density at radius 2 is 2.00 bits per heavy atom. The van der Waals surface area contributed by atoms with Crippen LogP contribution in [0.25, 0.3) is 0 Å². The normalized spacial score (nSPS) is 20.7. The van der Waals surface area contributed by atoms with Gasteiger partial charge in [0.15, 0.2) is 0 Å². The molecule has 1 saturated heterocycles. The van der Waals surface area contributed by atoms with Gasteiger partial charge in [0, 0.05) is 49.8 Å². The molecule has 0 unspecified atom stereocenters. The van der Waals surface area contributed by atoms with Crippen molar-refractivity contribution >= 4 is 5.91 Å². The summed E-state index contributed by atoms with van der Waals surface area (Å²) >= 11 is 0. The predicted molar refractivity (Wildman–Crippen MR) is 92.7 cm³/mol. The summed E-state index contributed by atoms with van der Waals surface area (Å²) in [5, 5.41) is 3.12. The summed E-state index contributed by atoms with van der Waals surface area (Å²) in [7, 11) is 0. The molecule has 4 rings (SSSR count). The zero-order valence-corrected chi connectivity index (χ0v) is 14.2. The summed E-state index contributed by atoms with van der Waals surface area (Å²) in [6, 6.07) is 7.55. The highest BCUT2D eigenvalue weighted by atomic mass is 16.5. The molecule has 6 heteroatoms. The van der Waals surface area contributed by atoms with Crippen LogP contribution in [0.3, 0.4) is 0 Å². The van der Waals surface area contributed by atoms with Crippen LogP contribution in [0, 0.1) is 0 Å². The maximum atomic E-state index is 12.5. The molecule has 0 aliphatic carbocycles. The molecule has 25 heavy (non-hydrogen) atoms. The van der Waals surface area contributed by atoms with E-state index in [9.17, 15) is 4.79 Å². The third-order valence-corrected chi connectivity index (χ3v) is 4.86. The Morgan fingerprint density at radius 3 is 2.80 bits per heavy atom. The number of aromatic nitrogens is 2. The fourth-order valence-corrected chi connectivity index (χ4v) is 3.42. The highest BCUT2D eigenvalue weighted by molar-refractivity contribution is 5.94. The SMILES string of the molecule is O=C(N[C@@H]1CCc2nccn2C1)c1ccc(OC2CCOCC2)cc1.